The van der Waals surface area contributed by atoms with Crippen molar-refractivity contribution in [1.29, 1.82) is 0 Å². The number of aromatic nitrogens is 2. The molecule has 0 radical (unpaired) electrons. The molecule has 0 amide bonds. The van der Waals surface area contributed by atoms with Crippen LogP contribution in [-0.2, 0) is 6.42 Å². The van der Waals surface area contributed by atoms with Crippen LogP contribution in [0, 0.1) is 0 Å². The normalized spacial score (nSPS) is 10.2. The molecule has 0 aliphatic rings. The van der Waals surface area contributed by atoms with Crippen LogP contribution < -0.4 is 10.6 Å². The lowest BCUT2D eigenvalue weighted by Crippen LogP contribution is -2.07. The Bertz CT molecular complexity index is 530. The Morgan fingerprint density at radius 1 is 1.11 bits per heavy atom. The maximum absolute atomic E-state index is 4.20. The predicted octanol–water partition coefficient (Wildman–Crippen LogP) is 3.33. The molecule has 1 aromatic heterocycles. The summed E-state index contributed by atoms with van der Waals surface area (Å²) < 4.78 is 1.11. The monoisotopic (exact) mass is 320 g/mol. The summed E-state index contributed by atoms with van der Waals surface area (Å²) in [7, 11) is 0. The summed E-state index contributed by atoms with van der Waals surface area (Å²) in [5.41, 5.74) is 1.29. The van der Waals surface area contributed by atoms with E-state index in [1.54, 1.807) is 6.33 Å². The fourth-order valence-corrected chi connectivity index (χ4v) is 2.21. The van der Waals surface area contributed by atoms with Gasteiger partial charge in [0.1, 0.15) is 18.0 Å². The Labute approximate surface area is 121 Å². The second-order valence-electron chi connectivity index (χ2n) is 4.13. The Hall–Kier alpha value is -1.62. The molecule has 0 unspecified atom stereocenters. The van der Waals surface area contributed by atoms with Crippen LogP contribution in [0.15, 0.2) is 41.1 Å². The van der Waals surface area contributed by atoms with Crippen LogP contribution in [0.25, 0.3) is 0 Å². The van der Waals surface area contributed by atoms with Crippen molar-refractivity contribution in [2.24, 2.45) is 0 Å². The lowest BCUT2D eigenvalue weighted by Gasteiger charge is -2.07. The molecule has 0 aliphatic heterocycles. The highest BCUT2D eigenvalue weighted by atomic mass is 79.9. The minimum Gasteiger partial charge on any atom is -0.370 e. The smallest absolute Gasteiger partial charge is 0.131 e. The molecular weight excluding hydrogens is 304 g/mol. The van der Waals surface area contributed by atoms with E-state index in [0.29, 0.717) is 0 Å². The molecule has 0 fully saturated rings. The Morgan fingerprint density at radius 2 is 1.89 bits per heavy atom. The number of hydrogen-bond acceptors (Lipinski definition) is 4. The molecule has 100 valence electrons. The summed E-state index contributed by atoms with van der Waals surface area (Å²) >= 11 is 3.48. The van der Waals surface area contributed by atoms with Crippen molar-refractivity contribution in [3.8, 4) is 0 Å². The van der Waals surface area contributed by atoms with Gasteiger partial charge in [-0.15, -0.1) is 0 Å². The van der Waals surface area contributed by atoms with E-state index >= 15 is 0 Å². The van der Waals surface area contributed by atoms with E-state index in [4.69, 9.17) is 0 Å². The maximum Gasteiger partial charge on any atom is 0.131 e. The first-order valence-corrected chi connectivity index (χ1v) is 7.11. The zero-order valence-electron chi connectivity index (χ0n) is 10.9. The van der Waals surface area contributed by atoms with Crippen LogP contribution in [-0.4, -0.2) is 23.1 Å². The molecule has 1 heterocycles. The molecule has 2 N–H and O–H groups in total. The van der Waals surface area contributed by atoms with Crippen molar-refractivity contribution in [3.05, 3.63) is 46.7 Å². The van der Waals surface area contributed by atoms with Gasteiger partial charge in [-0.05, 0) is 31.0 Å². The maximum atomic E-state index is 4.20. The topological polar surface area (TPSA) is 49.8 Å². The van der Waals surface area contributed by atoms with Crippen molar-refractivity contribution in [1.82, 2.24) is 9.97 Å². The number of hydrogen-bond donors (Lipinski definition) is 2. The van der Waals surface area contributed by atoms with Crippen molar-refractivity contribution >= 4 is 27.6 Å². The summed E-state index contributed by atoms with van der Waals surface area (Å²) in [6, 6.07) is 10.3. The largest absolute Gasteiger partial charge is 0.370 e. The summed E-state index contributed by atoms with van der Waals surface area (Å²) in [5, 5.41) is 6.47. The van der Waals surface area contributed by atoms with Crippen molar-refractivity contribution < 1.29 is 0 Å². The standard InChI is InChI=1S/C14H17BrN4/c1-2-16-13-9-14(19-10-18-13)17-7-6-11-4-3-5-12(15)8-11/h3-5,8-10H,2,6-7H2,1H3,(H2,16,17,18,19). The first-order valence-electron chi connectivity index (χ1n) is 6.32. The molecule has 1 aromatic carbocycles. The molecule has 19 heavy (non-hydrogen) atoms. The van der Waals surface area contributed by atoms with E-state index < -0.39 is 0 Å². The van der Waals surface area contributed by atoms with Crippen LogP contribution in [0.3, 0.4) is 0 Å². The Kier molecular flexibility index (Phi) is 5.15. The highest BCUT2D eigenvalue weighted by Crippen LogP contribution is 2.13. The van der Waals surface area contributed by atoms with Crippen LogP contribution in [0.1, 0.15) is 12.5 Å². The van der Waals surface area contributed by atoms with Gasteiger partial charge in [-0.25, -0.2) is 9.97 Å². The van der Waals surface area contributed by atoms with Gasteiger partial charge in [-0.3, -0.25) is 0 Å². The van der Waals surface area contributed by atoms with Crippen molar-refractivity contribution in [2.75, 3.05) is 23.7 Å². The summed E-state index contributed by atoms with van der Waals surface area (Å²) in [5.74, 6) is 1.70. The van der Waals surface area contributed by atoms with Gasteiger partial charge in [-0.2, -0.15) is 0 Å². The van der Waals surface area contributed by atoms with Gasteiger partial charge < -0.3 is 10.6 Å². The molecule has 0 bridgehead atoms. The van der Waals surface area contributed by atoms with Gasteiger partial charge in [0, 0.05) is 23.6 Å². The molecule has 2 rings (SSSR count). The number of rotatable bonds is 6. The highest BCUT2D eigenvalue weighted by Gasteiger charge is 1.98. The fraction of sp³-hybridized carbons (Fsp3) is 0.286. The zero-order valence-corrected chi connectivity index (χ0v) is 12.4. The Morgan fingerprint density at radius 3 is 2.63 bits per heavy atom. The molecular formula is C14H17BrN4. The first-order chi connectivity index (χ1) is 9.28. The third kappa shape index (κ3) is 4.52. The van der Waals surface area contributed by atoms with Gasteiger partial charge in [-0.1, -0.05) is 28.1 Å². The quantitative estimate of drug-likeness (QED) is 0.857. The molecule has 0 saturated heterocycles. The Balaban J connectivity index is 1.87. The van der Waals surface area contributed by atoms with E-state index in [0.717, 1.165) is 35.6 Å². The van der Waals surface area contributed by atoms with Gasteiger partial charge >= 0.3 is 0 Å². The number of benzene rings is 1. The summed E-state index contributed by atoms with van der Waals surface area (Å²) in [6.45, 7) is 3.75. The van der Waals surface area contributed by atoms with Crippen LogP contribution >= 0.6 is 15.9 Å². The van der Waals surface area contributed by atoms with Gasteiger partial charge in [0.2, 0.25) is 0 Å². The van der Waals surface area contributed by atoms with Crippen molar-refractivity contribution in [2.45, 2.75) is 13.3 Å². The average molecular weight is 321 g/mol. The minimum atomic E-state index is 0.846. The summed E-state index contributed by atoms with van der Waals surface area (Å²) in [4.78, 5) is 8.34. The fourth-order valence-electron chi connectivity index (χ4n) is 1.76. The first kappa shape index (κ1) is 13.8. The predicted molar refractivity (Wildman–Crippen MR) is 82.5 cm³/mol. The van der Waals surface area contributed by atoms with Crippen LogP contribution in [0.5, 0.6) is 0 Å². The van der Waals surface area contributed by atoms with E-state index in [9.17, 15) is 0 Å². The second-order valence-corrected chi connectivity index (χ2v) is 5.04. The van der Waals surface area contributed by atoms with Gasteiger partial charge in [0.05, 0.1) is 0 Å². The molecule has 0 saturated carbocycles. The van der Waals surface area contributed by atoms with Crippen molar-refractivity contribution in [3.63, 3.8) is 0 Å². The van der Waals surface area contributed by atoms with E-state index in [1.807, 2.05) is 25.1 Å². The zero-order chi connectivity index (χ0) is 13.5. The minimum absolute atomic E-state index is 0.846. The van der Waals surface area contributed by atoms with E-state index in [-0.39, 0.29) is 0 Å². The van der Waals surface area contributed by atoms with Gasteiger partial charge in [0.15, 0.2) is 0 Å². The molecule has 5 heteroatoms. The molecule has 0 atom stereocenters. The van der Waals surface area contributed by atoms with E-state index in [1.165, 1.54) is 5.56 Å². The van der Waals surface area contributed by atoms with Gasteiger partial charge in [0.25, 0.3) is 0 Å². The second kappa shape index (κ2) is 7.09. The van der Waals surface area contributed by atoms with Crippen LogP contribution in [0.2, 0.25) is 0 Å². The van der Waals surface area contributed by atoms with E-state index in [2.05, 4.69) is 48.7 Å². The number of anilines is 2. The number of nitrogens with zero attached hydrogens (tertiary/aromatic N) is 2. The summed E-state index contributed by atoms with van der Waals surface area (Å²) in [6.07, 6.45) is 2.53. The molecule has 0 aliphatic carbocycles. The average Bonchev–Trinajstić information content (AvgIpc) is 2.40. The number of nitrogens with one attached hydrogen (secondary N) is 2. The molecule has 4 nitrogen and oxygen atoms in total. The molecule has 2 aromatic rings. The number of halogens is 1. The lowest BCUT2D eigenvalue weighted by atomic mass is 10.1. The third-order valence-corrected chi connectivity index (χ3v) is 3.13. The highest BCUT2D eigenvalue weighted by molar-refractivity contribution is 9.10. The molecule has 0 spiro atoms. The van der Waals surface area contributed by atoms with Crippen LogP contribution in [0.4, 0.5) is 11.6 Å². The lowest BCUT2D eigenvalue weighted by molar-refractivity contribution is 0.996. The SMILES string of the molecule is CCNc1cc(NCCc2cccc(Br)c2)ncn1. The third-order valence-electron chi connectivity index (χ3n) is 2.63.